The highest BCUT2D eigenvalue weighted by Crippen LogP contribution is 2.31. The predicted octanol–water partition coefficient (Wildman–Crippen LogP) is 5.80. The Hall–Kier alpha value is -5.15. The fourth-order valence-corrected chi connectivity index (χ4v) is 6.07. The normalized spacial score (nSPS) is 19.8. The van der Waals surface area contributed by atoms with Gasteiger partial charge in [-0.05, 0) is 28.8 Å². The van der Waals surface area contributed by atoms with Crippen molar-refractivity contribution in [2.24, 2.45) is 0 Å². The average Bonchev–Trinajstić information content (AvgIpc) is 3.65. The number of carboxylic acid groups (broad SMARTS) is 1. The van der Waals surface area contributed by atoms with Gasteiger partial charge in [-0.1, -0.05) is 96.2 Å². The first kappa shape index (κ1) is 38.6. The standard InChI is InChI=1S/C41H45N3O10/c1-48-41-39(53-26-31-16-9-4-10-17-31)38(52-25-30-14-7-3-8-15-30)37(51-24-29-12-5-2-6-13-29)36(54-41)28-49-27-33-23-44(43-42-33)18-11-19-50-35-21-32(40(46)47)20-34(45)22-35/h2-10,12-17,20-23,36-39,41,45H,11,18-19,24-28H2,1H3,(H,46,47)/t36-,37-,38+,39-,41+/m1/s1. The van der Waals surface area contributed by atoms with E-state index >= 15 is 0 Å². The molecule has 5 aromatic rings. The molecular formula is C41H45N3O10. The number of aromatic nitrogens is 3. The Labute approximate surface area is 313 Å². The lowest BCUT2D eigenvalue weighted by atomic mass is 9.97. The second kappa shape index (κ2) is 19.8. The van der Waals surface area contributed by atoms with Gasteiger partial charge in [-0.3, -0.25) is 4.68 Å². The van der Waals surface area contributed by atoms with Crippen molar-refractivity contribution in [3.63, 3.8) is 0 Å². The number of ether oxygens (including phenoxy) is 7. The minimum absolute atomic E-state index is 0.0530. The molecule has 2 heterocycles. The van der Waals surface area contributed by atoms with Gasteiger partial charge in [0.15, 0.2) is 6.29 Å². The van der Waals surface area contributed by atoms with E-state index in [2.05, 4.69) is 10.3 Å². The number of carbonyl (C=O) groups is 1. The Morgan fingerprint density at radius 3 is 1.96 bits per heavy atom. The molecule has 1 saturated heterocycles. The summed E-state index contributed by atoms with van der Waals surface area (Å²) in [4.78, 5) is 11.3. The summed E-state index contributed by atoms with van der Waals surface area (Å²) in [7, 11) is 1.58. The average molecular weight is 740 g/mol. The predicted molar refractivity (Wildman–Crippen MR) is 196 cm³/mol. The van der Waals surface area contributed by atoms with Crippen molar-refractivity contribution in [3.8, 4) is 11.5 Å². The zero-order valence-electron chi connectivity index (χ0n) is 30.0. The van der Waals surface area contributed by atoms with Gasteiger partial charge in [-0.15, -0.1) is 5.10 Å². The molecule has 13 nitrogen and oxygen atoms in total. The maximum atomic E-state index is 11.3. The maximum absolute atomic E-state index is 11.3. The third-order valence-electron chi connectivity index (χ3n) is 8.74. The number of hydrogen-bond acceptors (Lipinski definition) is 11. The first-order valence-electron chi connectivity index (χ1n) is 17.8. The summed E-state index contributed by atoms with van der Waals surface area (Å²) in [6.07, 6.45) is -0.779. The summed E-state index contributed by atoms with van der Waals surface area (Å²) in [5.74, 6) is -1.05. The topological polar surface area (TPSA) is 153 Å². The van der Waals surface area contributed by atoms with Crippen molar-refractivity contribution < 1.29 is 48.2 Å². The second-order valence-electron chi connectivity index (χ2n) is 12.8. The van der Waals surface area contributed by atoms with E-state index < -0.39 is 36.7 Å². The van der Waals surface area contributed by atoms with Crippen LogP contribution in [0.4, 0.5) is 0 Å². The van der Waals surface area contributed by atoms with Crippen molar-refractivity contribution in [2.75, 3.05) is 20.3 Å². The first-order valence-corrected chi connectivity index (χ1v) is 17.8. The number of benzene rings is 4. The molecule has 5 atom stereocenters. The largest absolute Gasteiger partial charge is 0.508 e. The Morgan fingerprint density at radius 1 is 0.778 bits per heavy atom. The quantitative estimate of drug-likeness (QED) is 0.0929. The number of aromatic carboxylic acids is 1. The summed E-state index contributed by atoms with van der Waals surface area (Å²) >= 11 is 0. The molecule has 284 valence electrons. The molecule has 4 aromatic carbocycles. The third-order valence-corrected chi connectivity index (χ3v) is 8.74. The van der Waals surface area contributed by atoms with Gasteiger partial charge in [0.25, 0.3) is 0 Å². The van der Waals surface area contributed by atoms with Gasteiger partial charge in [0.05, 0.1) is 51.4 Å². The number of methoxy groups -OCH3 is 1. The molecule has 2 N–H and O–H groups in total. The summed E-state index contributed by atoms with van der Waals surface area (Å²) in [5, 5.41) is 27.5. The molecule has 0 unspecified atom stereocenters. The monoisotopic (exact) mass is 739 g/mol. The Morgan fingerprint density at radius 2 is 1.37 bits per heavy atom. The minimum atomic E-state index is -1.15. The number of phenols is 1. The molecule has 0 saturated carbocycles. The summed E-state index contributed by atoms with van der Waals surface area (Å²) in [5.41, 5.74) is 3.59. The molecule has 1 fully saturated rings. The molecule has 54 heavy (non-hydrogen) atoms. The highest BCUT2D eigenvalue weighted by Gasteiger charge is 2.48. The van der Waals surface area contributed by atoms with E-state index in [9.17, 15) is 15.0 Å². The summed E-state index contributed by atoms with van der Waals surface area (Å²) in [6, 6.07) is 33.7. The highest BCUT2D eigenvalue weighted by atomic mass is 16.7. The number of aromatic hydroxyl groups is 1. The van der Waals surface area contributed by atoms with Crippen LogP contribution in [0.3, 0.4) is 0 Å². The van der Waals surface area contributed by atoms with Crippen molar-refractivity contribution in [2.45, 2.75) is 70.1 Å². The molecule has 0 amide bonds. The van der Waals surface area contributed by atoms with E-state index in [-0.39, 0.29) is 36.9 Å². The lowest BCUT2D eigenvalue weighted by Gasteiger charge is -2.45. The SMILES string of the molecule is CO[C@H]1O[C@H](COCc2cn(CCCOc3cc(O)cc(C(=O)O)c3)nn2)[C@@H](OCc2ccccc2)[C@H](OCc2ccccc2)[C@H]1OCc1ccccc1. The van der Waals surface area contributed by atoms with Crippen molar-refractivity contribution >= 4 is 5.97 Å². The summed E-state index contributed by atoms with van der Waals surface area (Å²) < 4.78 is 45.7. The van der Waals surface area contributed by atoms with Gasteiger partial charge >= 0.3 is 5.97 Å². The number of nitrogens with zero attached hydrogens (tertiary/aromatic N) is 3. The number of aryl methyl sites for hydroxylation is 1. The van der Waals surface area contributed by atoms with Crippen LogP contribution in [0.5, 0.6) is 11.5 Å². The number of phenolic OH excluding ortho intramolecular Hbond substituents is 1. The Bertz CT molecular complexity index is 1860. The van der Waals surface area contributed by atoms with E-state index in [1.807, 2.05) is 91.0 Å². The van der Waals surface area contributed by atoms with Crippen LogP contribution in [0.15, 0.2) is 115 Å². The zero-order valence-corrected chi connectivity index (χ0v) is 30.0. The fraction of sp³-hybridized carbons (Fsp3) is 0.341. The molecule has 1 aromatic heterocycles. The highest BCUT2D eigenvalue weighted by molar-refractivity contribution is 5.88. The van der Waals surface area contributed by atoms with Crippen molar-refractivity contribution in [1.82, 2.24) is 15.0 Å². The molecule has 0 radical (unpaired) electrons. The maximum Gasteiger partial charge on any atom is 0.335 e. The first-order chi connectivity index (χ1) is 26.4. The molecule has 1 aliphatic rings. The van der Waals surface area contributed by atoms with E-state index in [0.29, 0.717) is 38.5 Å². The van der Waals surface area contributed by atoms with Gasteiger partial charge in [0.1, 0.15) is 41.6 Å². The molecule has 1 aliphatic heterocycles. The van der Waals surface area contributed by atoms with Crippen molar-refractivity contribution in [1.29, 1.82) is 0 Å². The molecule has 13 heteroatoms. The molecule has 0 spiro atoms. The van der Waals surface area contributed by atoms with E-state index in [1.165, 1.54) is 18.2 Å². The van der Waals surface area contributed by atoms with Crippen LogP contribution in [0, 0.1) is 0 Å². The van der Waals surface area contributed by atoms with E-state index in [4.69, 9.17) is 33.2 Å². The Balaban J connectivity index is 1.10. The van der Waals surface area contributed by atoms with E-state index in [0.717, 1.165) is 16.7 Å². The van der Waals surface area contributed by atoms with Gasteiger partial charge in [-0.2, -0.15) is 0 Å². The van der Waals surface area contributed by atoms with Crippen LogP contribution in [-0.4, -0.2) is 82.2 Å². The molecule has 6 rings (SSSR count). The number of rotatable bonds is 20. The van der Waals surface area contributed by atoms with Crippen LogP contribution in [-0.2, 0) is 61.4 Å². The summed E-state index contributed by atoms with van der Waals surface area (Å²) in [6.45, 7) is 2.08. The van der Waals surface area contributed by atoms with Crippen LogP contribution in [0.1, 0.15) is 39.2 Å². The Kier molecular flexibility index (Phi) is 14.1. The van der Waals surface area contributed by atoms with Crippen LogP contribution in [0.2, 0.25) is 0 Å². The van der Waals surface area contributed by atoms with Crippen LogP contribution >= 0.6 is 0 Å². The number of carboxylic acids is 1. The van der Waals surface area contributed by atoms with Crippen LogP contribution in [0.25, 0.3) is 0 Å². The van der Waals surface area contributed by atoms with Gasteiger partial charge in [0, 0.05) is 26.1 Å². The second-order valence-corrected chi connectivity index (χ2v) is 12.8. The smallest absolute Gasteiger partial charge is 0.335 e. The fourth-order valence-electron chi connectivity index (χ4n) is 6.07. The van der Waals surface area contributed by atoms with Crippen molar-refractivity contribution in [3.05, 3.63) is 143 Å². The lowest BCUT2D eigenvalue weighted by Crippen LogP contribution is -2.61. The minimum Gasteiger partial charge on any atom is -0.508 e. The van der Waals surface area contributed by atoms with Crippen LogP contribution < -0.4 is 4.74 Å². The van der Waals surface area contributed by atoms with E-state index in [1.54, 1.807) is 18.0 Å². The third kappa shape index (κ3) is 11.2. The molecule has 0 bridgehead atoms. The zero-order chi connectivity index (χ0) is 37.5. The number of hydrogen-bond donors (Lipinski definition) is 2. The molecular weight excluding hydrogens is 694 g/mol. The lowest BCUT2D eigenvalue weighted by molar-refractivity contribution is -0.323. The van der Waals surface area contributed by atoms with Gasteiger partial charge in [-0.25, -0.2) is 4.79 Å². The van der Waals surface area contributed by atoms with Gasteiger partial charge < -0.3 is 43.4 Å². The van der Waals surface area contributed by atoms with Gasteiger partial charge in [0.2, 0.25) is 0 Å². The molecule has 0 aliphatic carbocycles.